The first-order valence-corrected chi connectivity index (χ1v) is 12.1. The molecule has 0 bridgehead atoms. The van der Waals surface area contributed by atoms with E-state index in [-0.39, 0.29) is 12.2 Å². The van der Waals surface area contributed by atoms with E-state index >= 15 is 0 Å². The van der Waals surface area contributed by atoms with Crippen LogP contribution in [0.4, 0.5) is 22.0 Å². The van der Waals surface area contributed by atoms with E-state index in [0.717, 1.165) is 43.0 Å². The summed E-state index contributed by atoms with van der Waals surface area (Å²) in [5.41, 5.74) is 2.21. The van der Waals surface area contributed by atoms with Crippen molar-refractivity contribution in [2.75, 3.05) is 54.0 Å². The first-order valence-electron chi connectivity index (χ1n) is 11.7. The molecule has 2 fully saturated rings. The molecule has 5 rings (SSSR count). The van der Waals surface area contributed by atoms with Gasteiger partial charge in [-0.15, -0.1) is 0 Å². The van der Waals surface area contributed by atoms with Crippen LogP contribution in [0.1, 0.15) is 18.4 Å². The van der Waals surface area contributed by atoms with Crippen molar-refractivity contribution < 1.29 is 14.3 Å². The fourth-order valence-electron chi connectivity index (χ4n) is 4.53. The monoisotopic (exact) mass is 496 g/mol. The predicted molar refractivity (Wildman–Crippen MR) is 134 cm³/mol. The Kier molecular flexibility index (Phi) is 6.68. The van der Waals surface area contributed by atoms with Gasteiger partial charge in [-0.25, -0.2) is 14.4 Å². The van der Waals surface area contributed by atoms with Crippen LogP contribution in [0.5, 0.6) is 0 Å². The maximum absolute atomic E-state index is 13.5. The molecule has 10 heteroatoms. The molecule has 0 spiro atoms. The molecule has 0 unspecified atom stereocenters. The van der Waals surface area contributed by atoms with Crippen molar-refractivity contribution in [2.24, 2.45) is 0 Å². The zero-order chi connectivity index (χ0) is 24.4. The van der Waals surface area contributed by atoms with E-state index in [1.54, 1.807) is 24.4 Å². The maximum Gasteiger partial charge on any atom is 0.307 e. The highest BCUT2D eigenvalue weighted by molar-refractivity contribution is 6.33. The molecule has 2 aliphatic rings. The minimum absolute atomic E-state index is 0.107. The Balaban J connectivity index is 1.36. The van der Waals surface area contributed by atoms with Crippen LogP contribution in [0.2, 0.25) is 5.02 Å². The van der Waals surface area contributed by atoms with Gasteiger partial charge in [0.2, 0.25) is 5.95 Å². The Morgan fingerprint density at radius 1 is 0.943 bits per heavy atom. The van der Waals surface area contributed by atoms with Crippen LogP contribution >= 0.6 is 11.6 Å². The third-order valence-electron chi connectivity index (χ3n) is 6.37. The van der Waals surface area contributed by atoms with E-state index in [0.29, 0.717) is 48.5 Å². The molecule has 2 saturated heterocycles. The fourth-order valence-corrected chi connectivity index (χ4v) is 4.84. The first kappa shape index (κ1) is 23.3. The highest BCUT2D eigenvalue weighted by Crippen LogP contribution is 2.29. The zero-order valence-electron chi connectivity index (χ0n) is 19.2. The van der Waals surface area contributed by atoms with Crippen LogP contribution < -0.4 is 14.7 Å². The van der Waals surface area contributed by atoms with E-state index in [9.17, 15) is 9.18 Å². The molecule has 8 nitrogen and oxygen atoms in total. The Labute approximate surface area is 208 Å². The second kappa shape index (κ2) is 10.0. The molecular formula is C25H26ClFN6O2. The molecular weight excluding hydrogens is 471 g/mol. The summed E-state index contributed by atoms with van der Waals surface area (Å²) in [6, 6.07) is 10.0. The number of carboxylic acids is 1. The third kappa shape index (κ3) is 5.30. The normalized spacial score (nSPS) is 16.1. The summed E-state index contributed by atoms with van der Waals surface area (Å²) in [6.45, 7) is 4.69. The van der Waals surface area contributed by atoms with Crippen LogP contribution in [0.15, 0.2) is 42.6 Å². The predicted octanol–water partition coefficient (Wildman–Crippen LogP) is 3.89. The highest BCUT2D eigenvalue weighted by atomic mass is 35.5. The van der Waals surface area contributed by atoms with Gasteiger partial charge in [0.1, 0.15) is 17.5 Å². The maximum atomic E-state index is 13.5. The van der Waals surface area contributed by atoms with Gasteiger partial charge in [-0.3, -0.25) is 4.79 Å². The van der Waals surface area contributed by atoms with Crippen LogP contribution in [-0.4, -0.2) is 65.3 Å². The summed E-state index contributed by atoms with van der Waals surface area (Å²) in [5.74, 6) is 1.02. The van der Waals surface area contributed by atoms with Gasteiger partial charge < -0.3 is 19.8 Å². The van der Waals surface area contributed by atoms with Crippen molar-refractivity contribution in [3.8, 4) is 11.3 Å². The SMILES string of the molecule is O=C(O)Cc1cnc(N2CCN(c3cc(-c4ccc(F)cc4)nc(N4CCCC4)n3)CC2)c(Cl)c1. The van der Waals surface area contributed by atoms with E-state index in [1.807, 2.05) is 6.07 Å². The number of carboxylic acid groups (broad SMARTS) is 1. The van der Waals surface area contributed by atoms with E-state index in [2.05, 4.69) is 19.7 Å². The number of aromatic nitrogens is 3. The molecule has 182 valence electrons. The third-order valence-corrected chi connectivity index (χ3v) is 6.64. The number of hydrogen-bond acceptors (Lipinski definition) is 7. The van der Waals surface area contributed by atoms with Gasteiger partial charge in [0.25, 0.3) is 0 Å². The number of carbonyl (C=O) groups is 1. The lowest BCUT2D eigenvalue weighted by atomic mass is 10.1. The Morgan fingerprint density at radius 2 is 1.63 bits per heavy atom. The molecule has 0 radical (unpaired) electrons. The number of benzene rings is 1. The van der Waals surface area contributed by atoms with Gasteiger partial charge >= 0.3 is 5.97 Å². The van der Waals surface area contributed by atoms with Crippen molar-refractivity contribution in [2.45, 2.75) is 19.3 Å². The summed E-state index contributed by atoms with van der Waals surface area (Å²) in [7, 11) is 0. The first-order chi connectivity index (χ1) is 17.0. The molecule has 2 aromatic heterocycles. The Morgan fingerprint density at radius 3 is 2.29 bits per heavy atom. The second-order valence-corrected chi connectivity index (χ2v) is 9.21. The molecule has 2 aliphatic heterocycles. The lowest BCUT2D eigenvalue weighted by Gasteiger charge is -2.36. The Bertz CT molecular complexity index is 1210. The van der Waals surface area contributed by atoms with Crippen LogP contribution in [0, 0.1) is 5.82 Å². The number of piperazine rings is 1. The quantitative estimate of drug-likeness (QED) is 0.550. The van der Waals surface area contributed by atoms with Gasteiger partial charge in [-0.05, 0) is 48.7 Å². The fraction of sp³-hybridized carbons (Fsp3) is 0.360. The van der Waals surface area contributed by atoms with Crippen LogP contribution in [0.25, 0.3) is 11.3 Å². The number of hydrogen-bond donors (Lipinski definition) is 1. The highest BCUT2D eigenvalue weighted by Gasteiger charge is 2.24. The van der Waals surface area contributed by atoms with Crippen LogP contribution in [-0.2, 0) is 11.2 Å². The summed E-state index contributed by atoms with van der Waals surface area (Å²) in [6.07, 6.45) is 3.71. The summed E-state index contributed by atoms with van der Waals surface area (Å²) < 4.78 is 13.5. The number of nitrogens with zero attached hydrogens (tertiary/aromatic N) is 6. The summed E-state index contributed by atoms with van der Waals surface area (Å²) in [5, 5.41) is 9.44. The summed E-state index contributed by atoms with van der Waals surface area (Å²) >= 11 is 6.43. The average Bonchev–Trinajstić information content (AvgIpc) is 3.39. The number of halogens is 2. The number of pyridine rings is 1. The van der Waals surface area contributed by atoms with E-state index < -0.39 is 5.97 Å². The lowest BCUT2D eigenvalue weighted by molar-refractivity contribution is -0.136. The molecule has 0 aliphatic carbocycles. The standard InChI is InChI=1S/C25H26ClFN6O2/c26-20-13-17(14-23(34)35)16-28-24(20)32-11-9-31(10-12-32)22-15-21(18-3-5-19(27)6-4-18)29-25(30-22)33-7-1-2-8-33/h3-6,13,15-16H,1-2,7-12,14H2,(H,34,35). The van der Waals surface area contributed by atoms with Crippen molar-refractivity contribution in [3.05, 3.63) is 59.0 Å². The molecule has 35 heavy (non-hydrogen) atoms. The number of anilines is 3. The minimum atomic E-state index is -0.914. The van der Waals surface area contributed by atoms with E-state index in [4.69, 9.17) is 26.7 Å². The van der Waals surface area contributed by atoms with Gasteiger partial charge in [0.05, 0.1) is 17.1 Å². The molecule has 4 heterocycles. The van der Waals surface area contributed by atoms with Gasteiger partial charge in [0.15, 0.2) is 0 Å². The smallest absolute Gasteiger partial charge is 0.307 e. The lowest BCUT2D eigenvalue weighted by Crippen LogP contribution is -2.47. The van der Waals surface area contributed by atoms with Gasteiger partial charge in [0, 0.05) is 57.1 Å². The van der Waals surface area contributed by atoms with Crippen LogP contribution in [0.3, 0.4) is 0 Å². The largest absolute Gasteiger partial charge is 0.481 e. The van der Waals surface area contributed by atoms with Gasteiger partial charge in [-0.1, -0.05) is 11.6 Å². The second-order valence-electron chi connectivity index (χ2n) is 8.81. The van der Waals surface area contributed by atoms with Crippen molar-refractivity contribution in [3.63, 3.8) is 0 Å². The van der Waals surface area contributed by atoms with Gasteiger partial charge in [-0.2, -0.15) is 4.98 Å². The topological polar surface area (TPSA) is 85.7 Å². The molecule has 1 N–H and O–H groups in total. The number of rotatable bonds is 6. The van der Waals surface area contributed by atoms with Crippen molar-refractivity contribution >= 4 is 35.2 Å². The summed E-state index contributed by atoms with van der Waals surface area (Å²) in [4.78, 5) is 31.6. The average molecular weight is 497 g/mol. The van der Waals surface area contributed by atoms with Crippen molar-refractivity contribution in [1.29, 1.82) is 0 Å². The number of aliphatic carboxylic acids is 1. The molecule has 3 aromatic rings. The molecule has 1 aromatic carbocycles. The van der Waals surface area contributed by atoms with E-state index in [1.165, 1.54) is 12.1 Å². The zero-order valence-corrected chi connectivity index (χ0v) is 20.0. The Hall–Kier alpha value is -3.46. The molecule has 0 amide bonds. The van der Waals surface area contributed by atoms with Crippen molar-refractivity contribution in [1.82, 2.24) is 15.0 Å². The minimum Gasteiger partial charge on any atom is -0.481 e. The molecule has 0 atom stereocenters. The molecule has 0 saturated carbocycles.